The summed E-state index contributed by atoms with van der Waals surface area (Å²) in [6.45, 7) is 0. The number of rotatable bonds is 4. The molecule has 3 heteroatoms. The van der Waals surface area contributed by atoms with Gasteiger partial charge in [-0.05, 0) is 35.7 Å². The molecule has 0 fully saturated rings. The molecule has 0 aliphatic carbocycles. The molecule has 220 valence electrons. The van der Waals surface area contributed by atoms with E-state index in [1.165, 1.54) is 84.4 Å². The summed E-state index contributed by atoms with van der Waals surface area (Å²) in [7, 11) is 0. The number of hydrogen-bond donors (Lipinski definition) is 0. The van der Waals surface area contributed by atoms with Crippen molar-refractivity contribution in [2.24, 2.45) is 0 Å². The Morgan fingerprint density at radius 2 is 0.894 bits per heavy atom. The molecule has 47 heavy (non-hydrogen) atoms. The van der Waals surface area contributed by atoms with Crippen molar-refractivity contribution in [3.63, 3.8) is 0 Å². The van der Waals surface area contributed by atoms with E-state index in [1.807, 2.05) is 22.7 Å². The van der Waals surface area contributed by atoms with Gasteiger partial charge in [-0.1, -0.05) is 133 Å². The molecule has 0 saturated carbocycles. The Morgan fingerprint density at radius 1 is 0.340 bits per heavy atom. The van der Waals surface area contributed by atoms with E-state index in [0.29, 0.717) is 0 Å². The van der Waals surface area contributed by atoms with Gasteiger partial charge < -0.3 is 4.90 Å². The van der Waals surface area contributed by atoms with Crippen LogP contribution in [0.5, 0.6) is 0 Å². The first-order valence-corrected chi connectivity index (χ1v) is 17.6. The lowest BCUT2D eigenvalue weighted by molar-refractivity contribution is 1.32. The molecular weight excluding hydrogens is 607 g/mol. The molecule has 2 heterocycles. The number of fused-ring (bicyclic) bond motifs is 9. The zero-order valence-corrected chi connectivity index (χ0v) is 27.0. The van der Waals surface area contributed by atoms with E-state index in [0.717, 1.165) is 5.69 Å². The smallest absolute Gasteiger partial charge is 0.0547 e. The van der Waals surface area contributed by atoms with Crippen LogP contribution >= 0.6 is 22.7 Å². The lowest BCUT2D eigenvalue weighted by atomic mass is 9.98. The second kappa shape index (κ2) is 10.5. The molecule has 8 aromatic carbocycles. The second-order valence-electron chi connectivity index (χ2n) is 12.1. The molecule has 0 N–H and O–H groups in total. The van der Waals surface area contributed by atoms with E-state index < -0.39 is 0 Å². The predicted octanol–water partition coefficient (Wildman–Crippen LogP) is 13.9. The fourth-order valence-corrected chi connectivity index (χ4v) is 9.92. The Morgan fingerprint density at radius 3 is 1.70 bits per heavy atom. The molecule has 1 nitrogen and oxygen atoms in total. The summed E-state index contributed by atoms with van der Waals surface area (Å²) in [5, 5.41) is 10.3. The molecule has 2 aromatic heterocycles. The van der Waals surface area contributed by atoms with E-state index in [-0.39, 0.29) is 0 Å². The van der Waals surface area contributed by atoms with E-state index in [4.69, 9.17) is 0 Å². The van der Waals surface area contributed by atoms with Crippen molar-refractivity contribution in [1.29, 1.82) is 0 Å². The van der Waals surface area contributed by atoms with E-state index in [9.17, 15) is 0 Å². The first-order valence-electron chi connectivity index (χ1n) is 15.9. The molecule has 0 aliphatic heterocycles. The van der Waals surface area contributed by atoms with E-state index >= 15 is 0 Å². The van der Waals surface area contributed by atoms with Crippen LogP contribution in [0.15, 0.2) is 164 Å². The molecule has 0 atom stereocenters. The summed E-state index contributed by atoms with van der Waals surface area (Å²) >= 11 is 3.83. The second-order valence-corrected chi connectivity index (χ2v) is 14.1. The van der Waals surface area contributed by atoms with Crippen LogP contribution in [0, 0.1) is 0 Å². The topological polar surface area (TPSA) is 3.24 Å². The maximum Gasteiger partial charge on any atom is 0.0547 e. The zero-order chi connectivity index (χ0) is 30.9. The Hall–Kier alpha value is -5.48. The van der Waals surface area contributed by atoms with Crippen molar-refractivity contribution in [2.45, 2.75) is 0 Å². The SMILES string of the molecule is c1ccc(N(c2cccc3ccccc23)c2cc3c4cccc(-c5cccc6c5sc5ccccc56)c4sc3c3ccccc23)cc1. The van der Waals surface area contributed by atoms with Crippen molar-refractivity contribution >= 4 is 102 Å². The summed E-state index contributed by atoms with van der Waals surface area (Å²) in [6.07, 6.45) is 0. The van der Waals surface area contributed by atoms with Gasteiger partial charge in [0.25, 0.3) is 0 Å². The minimum absolute atomic E-state index is 1.14. The lowest BCUT2D eigenvalue weighted by Gasteiger charge is -2.28. The van der Waals surface area contributed by atoms with E-state index in [2.05, 4.69) is 169 Å². The molecular formula is C44H27NS2. The van der Waals surface area contributed by atoms with Gasteiger partial charge in [-0.15, -0.1) is 22.7 Å². The van der Waals surface area contributed by atoms with Crippen LogP contribution in [-0.4, -0.2) is 0 Å². The normalized spacial score (nSPS) is 11.8. The third-order valence-electron chi connectivity index (χ3n) is 9.44. The predicted molar refractivity (Wildman–Crippen MR) is 207 cm³/mol. The third-order valence-corrected chi connectivity index (χ3v) is 11.9. The Labute approximate surface area is 280 Å². The summed E-state index contributed by atoms with van der Waals surface area (Å²) in [5.74, 6) is 0. The van der Waals surface area contributed by atoms with Gasteiger partial charge in [0.05, 0.1) is 11.4 Å². The van der Waals surface area contributed by atoms with Crippen LogP contribution in [0.1, 0.15) is 0 Å². The maximum absolute atomic E-state index is 2.45. The summed E-state index contributed by atoms with van der Waals surface area (Å²) in [6, 6.07) is 60.0. The van der Waals surface area contributed by atoms with Crippen molar-refractivity contribution < 1.29 is 0 Å². The molecule has 0 aliphatic rings. The highest BCUT2D eigenvalue weighted by Gasteiger charge is 2.22. The van der Waals surface area contributed by atoms with Gasteiger partial charge in [0.2, 0.25) is 0 Å². The number of anilines is 3. The van der Waals surface area contributed by atoms with Gasteiger partial charge in [0, 0.05) is 73.3 Å². The van der Waals surface area contributed by atoms with Crippen LogP contribution in [0.2, 0.25) is 0 Å². The average molecular weight is 634 g/mol. The van der Waals surface area contributed by atoms with Gasteiger partial charge >= 0.3 is 0 Å². The fraction of sp³-hybridized carbons (Fsp3) is 0. The minimum atomic E-state index is 1.14. The zero-order valence-electron chi connectivity index (χ0n) is 25.4. The van der Waals surface area contributed by atoms with Crippen LogP contribution in [-0.2, 0) is 0 Å². The highest BCUT2D eigenvalue weighted by molar-refractivity contribution is 7.28. The van der Waals surface area contributed by atoms with Crippen LogP contribution < -0.4 is 4.90 Å². The first-order chi connectivity index (χ1) is 23.3. The van der Waals surface area contributed by atoms with Crippen LogP contribution in [0.3, 0.4) is 0 Å². The van der Waals surface area contributed by atoms with Crippen molar-refractivity contribution in [3.8, 4) is 11.1 Å². The van der Waals surface area contributed by atoms with Gasteiger partial charge in [-0.3, -0.25) is 0 Å². The number of nitrogens with zero attached hydrogens (tertiary/aromatic N) is 1. The largest absolute Gasteiger partial charge is 0.309 e. The number of para-hydroxylation sites is 1. The molecule has 0 unspecified atom stereocenters. The van der Waals surface area contributed by atoms with Crippen molar-refractivity contribution in [3.05, 3.63) is 164 Å². The van der Waals surface area contributed by atoms with Gasteiger partial charge in [-0.2, -0.15) is 0 Å². The molecule has 10 aromatic rings. The fourth-order valence-electron chi connectivity index (χ4n) is 7.35. The molecule has 10 rings (SSSR count). The summed E-state index contributed by atoms with van der Waals surface area (Å²) < 4.78 is 5.37. The Kier molecular flexibility index (Phi) is 5.98. The Bertz CT molecular complexity index is 2800. The van der Waals surface area contributed by atoms with Gasteiger partial charge in [0.1, 0.15) is 0 Å². The summed E-state index contributed by atoms with van der Waals surface area (Å²) in [5.41, 5.74) is 6.13. The number of benzene rings is 8. The van der Waals surface area contributed by atoms with Crippen LogP contribution in [0.4, 0.5) is 17.1 Å². The van der Waals surface area contributed by atoms with Gasteiger partial charge in [-0.25, -0.2) is 0 Å². The van der Waals surface area contributed by atoms with E-state index in [1.54, 1.807) is 0 Å². The Balaban J connectivity index is 1.29. The van der Waals surface area contributed by atoms with Crippen LogP contribution in [0.25, 0.3) is 73.0 Å². The highest BCUT2D eigenvalue weighted by atomic mass is 32.1. The van der Waals surface area contributed by atoms with Crippen molar-refractivity contribution in [1.82, 2.24) is 0 Å². The van der Waals surface area contributed by atoms with Crippen molar-refractivity contribution in [2.75, 3.05) is 4.90 Å². The lowest BCUT2D eigenvalue weighted by Crippen LogP contribution is -2.11. The minimum Gasteiger partial charge on any atom is -0.309 e. The standard InChI is InChI=1S/C44H27NS2/c1-2-15-29(16-3-1)45(39-25-10-14-28-13-4-5-17-30(28)39)40-27-38-37-24-12-23-36(43(37)47-44(38)33-20-7-6-18-31(33)40)35-22-11-21-34-32-19-8-9-26-41(32)46-42(34)35/h1-27H. The third kappa shape index (κ3) is 4.07. The summed E-state index contributed by atoms with van der Waals surface area (Å²) in [4.78, 5) is 2.45. The average Bonchev–Trinajstić information content (AvgIpc) is 3.71. The molecule has 0 saturated heterocycles. The van der Waals surface area contributed by atoms with Gasteiger partial charge in [0.15, 0.2) is 0 Å². The number of hydrogen-bond acceptors (Lipinski definition) is 3. The molecule has 0 radical (unpaired) electrons. The highest BCUT2D eigenvalue weighted by Crippen LogP contribution is 2.50. The maximum atomic E-state index is 2.45. The molecule has 0 spiro atoms. The molecule has 0 bridgehead atoms. The number of thiophene rings is 2. The molecule has 0 amide bonds. The first kappa shape index (κ1) is 26.7. The quantitative estimate of drug-likeness (QED) is 0.186. The monoisotopic (exact) mass is 633 g/mol.